The first-order chi connectivity index (χ1) is 6.67. The minimum absolute atomic E-state index is 0.349. The maximum atomic E-state index is 12.8. The molecule has 1 aromatic rings. The molecule has 0 aliphatic rings. The minimum atomic E-state index is -0.504. The molecule has 0 saturated heterocycles. The summed E-state index contributed by atoms with van der Waals surface area (Å²) in [7, 11) is 0. The maximum Gasteiger partial charge on any atom is 0.184 e. The van der Waals surface area contributed by atoms with Gasteiger partial charge in [-0.15, -0.1) is 0 Å². The molecule has 1 aromatic carbocycles. The zero-order valence-corrected chi connectivity index (χ0v) is 8.25. The summed E-state index contributed by atoms with van der Waals surface area (Å²) in [5.41, 5.74) is 0.833. The first-order valence-corrected chi connectivity index (χ1v) is 4.49. The average molecular weight is 193 g/mol. The van der Waals surface area contributed by atoms with Gasteiger partial charge >= 0.3 is 0 Å². The Kier molecular flexibility index (Phi) is 3.47. The summed E-state index contributed by atoms with van der Waals surface area (Å²) in [6.07, 6.45) is 0.0856. The van der Waals surface area contributed by atoms with Crippen molar-refractivity contribution in [1.82, 2.24) is 0 Å². The number of nitrogens with zero attached hydrogens (tertiary/aromatic N) is 1. The van der Waals surface area contributed by atoms with Crippen molar-refractivity contribution in [2.24, 2.45) is 0 Å². The molecule has 0 bridgehead atoms. The number of aryl methyl sites for hydroxylation is 1. The van der Waals surface area contributed by atoms with Crippen LogP contribution in [0.25, 0.3) is 0 Å². The molecule has 0 aliphatic heterocycles. The van der Waals surface area contributed by atoms with Crippen LogP contribution in [0, 0.1) is 24.1 Å². The molecule has 1 unspecified atom stereocenters. The SMILES string of the molecule is CCC(C#N)Oc1cc(F)ccc1C. The first-order valence-electron chi connectivity index (χ1n) is 4.49. The minimum Gasteiger partial charge on any atom is -0.475 e. The van der Waals surface area contributed by atoms with Gasteiger partial charge in [0.25, 0.3) is 0 Å². The third-order valence-electron chi connectivity index (χ3n) is 1.93. The molecule has 2 nitrogen and oxygen atoms in total. The van der Waals surface area contributed by atoms with E-state index in [0.29, 0.717) is 12.2 Å². The average Bonchev–Trinajstić information content (AvgIpc) is 2.19. The molecule has 3 heteroatoms. The molecule has 0 heterocycles. The van der Waals surface area contributed by atoms with E-state index in [2.05, 4.69) is 0 Å². The second kappa shape index (κ2) is 4.61. The largest absolute Gasteiger partial charge is 0.475 e. The van der Waals surface area contributed by atoms with Gasteiger partial charge in [-0.2, -0.15) is 5.26 Å². The Morgan fingerprint density at radius 3 is 2.86 bits per heavy atom. The van der Waals surface area contributed by atoms with Crippen LogP contribution >= 0.6 is 0 Å². The topological polar surface area (TPSA) is 33.0 Å². The van der Waals surface area contributed by atoms with Gasteiger partial charge in [0.1, 0.15) is 17.6 Å². The maximum absolute atomic E-state index is 12.8. The van der Waals surface area contributed by atoms with Crippen molar-refractivity contribution >= 4 is 0 Å². The third kappa shape index (κ3) is 2.46. The lowest BCUT2D eigenvalue weighted by Crippen LogP contribution is -2.12. The molecular weight excluding hydrogens is 181 g/mol. The summed E-state index contributed by atoms with van der Waals surface area (Å²) in [5, 5.41) is 8.68. The molecule has 0 amide bonds. The monoisotopic (exact) mass is 193 g/mol. The Bertz CT molecular complexity index is 357. The second-order valence-corrected chi connectivity index (χ2v) is 3.05. The fraction of sp³-hybridized carbons (Fsp3) is 0.364. The number of hydrogen-bond acceptors (Lipinski definition) is 2. The summed E-state index contributed by atoms with van der Waals surface area (Å²) in [4.78, 5) is 0. The zero-order chi connectivity index (χ0) is 10.6. The molecular formula is C11H12FNO. The van der Waals surface area contributed by atoms with Crippen molar-refractivity contribution in [3.63, 3.8) is 0 Å². The molecule has 0 radical (unpaired) electrons. The first kappa shape index (κ1) is 10.5. The van der Waals surface area contributed by atoms with Gasteiger partial charge < -0.3 is 4.74 Å². The van der Waals surface area contributed by atoms with E-state index in [1.807, 2.05) is 19.9 Å². The Balaban J connectivity index is 2.86. The number of hydrogen-bond donors (Lipinski definition) is 0. The standard InChI is InChI=1S/C11H12FNO/c1-3-10(7-13)14-11-6-9(12)5-4-8(11)2/h4-6,10H,3H2,1-2H3. The summed E-state index contributed by atoms with van der Waals surface area (Å²) in [5.74, 6) is 0.0943. The molecule has 0 fully saturated rings. The van der Waals surface area contributed by atoms with Crippen LogP contribution in [0.1, 0.15) is 18.9 Å². The normalized spacial score (nSPS) is 11.9. The lowest BCUT2D eigenvalue weighted by Gasteiger charge is -2.12. The van der Waals surface area contributed by atoms with Crippen LogP contribution in [0.5, 0.6) is 5.75 Å². The molecule has 0 spiro atoms. The third-order valence-corrected chi connectivity index (χ3v) is 1.93. The molecule has 1 rings (SSSR count). The number of nitriles is 1. The Hall–Kier alpha value is -1.56. The highest BCUT2D eigenvalue weighted by Crippen LogP contribution is 2.20. The second-order valence-electron chi connectivity index (χ2n) is 3.05. The van der Waals surface area contributed by atoms with E-state index in [1.165, 1.54) is 12.1 Å². The van der Waals surface area contributed by atoms with Gasteiger partial charge in [-0.25, -0.2) is 4.39 Å². The number of benzene rings is 1. The van der Waals surface area contributed by atoms with E-state index in [9.17, 15) is 4.39 Å². The Morgan fingerprint density at radius 2 is 2.29 bits per heavy atom. The fourth-order valence-electron chi connectivity index (χ4n) is 1.06. The van der Waals surface area contributed by atoms with Crippen molar-refractivity contribution in [3.05, 3.63) is 29.6 Å². The van der Waals surface area contributed by atoms with Gasteiger partial charge in [-0.1, -0.05) is 13.0 Å². The highest BCUT2D eigenvalue weighted by molar-refractivity contribution is 5.33. The number of halogens is 1. The van der Waals surface area contributed by atoms with Crippen LogP contribution in [0.2, 0.25) is 0 Å². The summed E-state index contributed by atoms with van der Waals surface area (Å²) < 4.78 is 18.2. The van der Waals surface area contributed by atoms with Crippen LogP contribution in [0.4, 0.5) is 4.39 Å². The Labute approximate surface area is 82.9 Å². The summed E-state index contributed by atoms with van der Waals surface area (Å²) >= 11 is 0. The molecule has 74 valence electrons. The van der Waals surface area contributed by atoms with Gasteiger partial charge in [-0.3, -0.25) is 0 Å². The molecule has 0 aliphatic carbocycles. The predicted molar refractivity (Wildman–Crippen MR) is 51.5 cm³/mol. The fourth-order valence-corrected chi connectivity index (χ4v) is 1.06. The quantitative estimate of drug-likeness (QED) is 0.739. The van der Waals surface area contributed by atoms with Crippen molar-refractivity contribution in [2.45, 2.75) is 26.4 Å². The van der Waals surface area contributed by atoms with Crippen molar-refractivity contribution in [1.29, 1.82) is 5.26 Å². The van der Waals surface area contributed by atoms with Crippen LogP contribution in [-0.4, -0.2) is 6.10 Å². The summed E-state index contributed by atoms with van der Waals surface area (Å²) in [6.45, 7) is 3.67. The van der Waals surface area contributed by atoms with E-state index in [0.717, 1.165) is 5.56 Å². The smallest absolute Gasteiger partial charge is 0.184 e. The molecule has 14 heavy (non-hydrogen) atoms. The van der Waals surface area contributed by atoms with Crippen LogP contribution in [0.3, 0.4) is 0 Å². The van der Waals surface area contributed by atoms with E-state index in [-0.39, 0.29) is 5.82 Å². The van der Waals surface area contributed by atoms with Crippen molar-refractivity contribution in [2.75, 3.05) is 0 Å². The Morgan fingerprint density at radius 1 is 1.57 bits per heavy atom. The van der Waals surface area contributed by atoms with Crippen LogP contribution in [0.15, 0.2) is 18.2 Å². The van der Waals surface area contributed by atoms with E-state index in [4.69, 9.17) is 10.00 Å². The van der Waals surface area contributed by atoms with Gasteiger partial charge in [0.05, 0.1) is 0 Å². The van der Waals surface area contributed by atoms with Crippen molar-refractivity contribution < 1.29 is 9.13 Å². The lowest BCUT2D eigenvalue weighted by molar-refractivity contribution is 0.249. The summed E-state index contributed by atoms with van der Waals surface area (Å²) in [6, 6.07) is 6.31. The molecule has 0 aromatic heterocycles. The van der Waals surface area contributed by atoms with Gasteiger partial charge in [0, 0.05) is 6.07 Å². The van der Waals surface area contributed by atoms with Crippen LogP contribution in [-0.2, 0) is 0 Å². The van der Waals surface area contributed by atoms with Gasteiger partial charge in [0.2, 0.25) is 0 Å². The van der Waals surface area contributed by atoms with E-state index >= 15 is 0 Å². The van der Waals surface area contributed by atoms with Gasteiger partial charge in [0.15, 0.2) is 6.10 Å². The van der Waals surface area contributed by atoms with E-state index < -0.39 is 6.10 Å². The van der Waals surface area contributed by atoms with Gasteiger partial charge in [-0.05, 0) is 25.0 Å². The molecule has 1 atom stereocenters. The highest BCUT2D eigenvalue weighted by Gasteiger charge is 2.08. The molecule has 0 saturated carbocycles. The number of ether oxygens (including phenoxy) is 1. The zero-order valence-electron chi connectivity index (χ0n) is 8.25. The predicted octanol–water partition coefficient (Wildman–Crippen LogP) is 2.82. The highest BCUT2D eigenvalue weighted by atomic mass is 19.1. The van der Waals surface area contributed by atoms with Crippen LogP contribution < -0.4 is 4.74 Å². The van der Waals surface area contributed by atoms with Crippen molar-refractivity contribution in [3.8, 4) is 11.8 Å². The lowest BCUT2D eigenvalue weighted by atomic mass is 10.2. The van der Waals surface area contributed by atoms with E-state index in [1.54, 1.807) is 6.07 Å². The number of rotatable bonds is 3. The molecule has 0 N–H and O–H groups in total.